The van der Waals surface area contributed by atoms with Crippen LogP contribution in [0.4, 0.5) is 4.39 Å². The van der Waals surface area contributed by atoms with Gasteiger partial charge >= 0.3 is 0 Å². The predicted molar refractivity (Wildman–Crippen MR) is 60.4 cm³/mol. The van der Waals surface area contributed by atoms with Crippen LogP contribution in [0.1, 0.15) is 30.9 Å². The van der Waals surface area contributed by atoms with Crippen molar-refractivity contribution in [1.29, 1.82) is 0 Å². The summed E-state index contributed by atoms with van der Waals surface area (Å²) < 4.78 is 14.4. The first kappa shape index (κ1) is 10.9. The van der Waals surface area contributed by atoms with Gasteiger partial charge in [-0.1, -0.05) is 22.4 Å². The van der Waals surface area contributed by atoms with Crippen molar-refractivity contribution < 1.29 is 9.50 Å². The molecule has 0 bridgehead atoms. The van der Waals surface area contributed by atoms with Gasteiger partial charge in [0.25, 0.3) is 0 Å². The molecule has 1 saturated heterocycles. The van der Waals surface area contributed by atoms with Crippen LogP contribution in [0.3, 0.4) is 0 Å². The Kier molecular flexibility index (Phi) is 3.26. The number of hydrogen-bond acceptors (Lipinski definition) is 2. The van der Waals surface area contributed by atoms with E-state index in [0.29, 0.717) is 5.56 Å². The van der Waals surface area contributed by atoms with E-state index in [2.05, 4.69) is 21.2 Å². The lowest BCUT2D eigenvalue weighted by molar-refractivity contribution is 0.382. The van der Waals surface area contributed by atoms with Crippen molar-refractivity contribution in [2.45, 2.75) is 25.3 Å². The lowest BCUT2D eigenvalue weighted by Gasteiger charge is -2.25. The molecule has 15 heavy (non-hydrogen) atoms. The van der Waals surface area contributed by atoms with Crippen molar-refractivity contribution in [3.05, 3.63) is 28.0 Å². The van der Waals surface area contributed by atoms with E-state index in [1.165, 1.54) is 6.07 Å². The lowest BCUT2D eigenvalue weighted by Crippen LogP contribution is -2.27. The maximum absolute atomic E-state index is 13.7. The average Bonchev–Trinajstić information content (AvgIpc) is 2.26. The van der Waals surface area contributed by atoms with Crippen LogP contribution in [0, 0.1) is 5.82 Å². The van der Waals surface area contributed by atoms with Crippen LogP contribution in [0.5, 0.6) is 5.75 Å². The Morgan fingerprint density at radius 1 is 1.40 bits per heavy atom. The molecule has 1 atom stereocenters. The van der Waals surface area contributed by atoms with Crippen LogP contribution in [-0.2, 0) is 0 Å². The van der Waals surface area contributed by atoms with E-state index in [1.807, 2.05) is 0 Å². The molecule has 82 valence electrons. The Hall–Kier alpha value is -0.610. The Morgan fingerprint density at radius 3 is 2.87 bits per heavy atom. The zero-order chi connectivity index (χ0) is 10.8. The molecule has 1 aromatic rings. The minimum absolute atomic E-state index is 0.0141. The predicted octanol–water partition coefficient (Wildman–Crippen LogP) is 3.11. The molecule has 2 nitrogen and oxygen atoms in total. The largest absolute Gasteiger partial charge is 0.505 e. The molecular weight excluding hydrogens is 261 g/mol. The van der Waals surface area contributed by atoms with Gasteiger partial charge < -0.3 is 10.4 Å². The fraction of sp³-hybridized carbons (Fsp3) is 0.455. The van der Waals surface area contributed by atoms with E-state index in [1.54, 1.807) is 6.07 Å². The van der Waals surface area contributed by atoms with E-state index in [0.717, 1.165) is 30.3 Å². The van der Waals surface area contributed by atoms with Gasteiger partial charge in [0, 0.05) is 16.1 Å². The quantitative estimate of drug-likeness (QED) is 0.824. The lowest BCUT2D eigenvalue weighted by atomic mass is 9.97. The summed E-state index contributed by atoms with van der Waals surface area (Å²) in [7, 11) is 0. The summed E-state index contributed by atoms with van der Waals surface area (Å²) in [4.78, 5) is 0. The number of phenols is 1. The van der Waals surface area contributed by atoms with Gasteiger partial charge in [-0.15, -0.1) is 0 Å². The maximum atomic E-state index is 13.7. The first-order valence-electron chi connectivity index (χ1n) is 5.10. The van der Waals surface area contributed by atoms with Gasteiger partial charge in [0.2, 0.25) is 0 Å². The topological polar surface area (TPSA) is 32.3 Å². The van der Waals surface area contributed by atoms with Crippen molar-refractivity contribution in [3.8, 4) is 5.75 Å². The molecule has 0 spiro atoms. The monoisotopic (exact) mass is 273 g/mol. The summed E-state index contributed by atoms with van der Waals surface area (Å²) in [5.74, 6) is -0.788. The molecule has 1 aliphatic heterocycles. The fourth-order valence-electron chi connectivity index (χ4n) is 1.98. The molecule has 1 aromatic carbocycles. The summed E-state index contributed by atoms with van der Waals surface area (Å²) in [6.45, 7) is 0.909. The van der Waals surface area contributed by atoms with Gasteiger partial charge in [0.05, 0.1) is 0 Å². The summed E-state index contributed by atoms with van der Waals surface area (Å²) in [6.07, 6.45) is 3.15. The molecule has 1 aliphatic rings. The molecule has 1 fully saturated rings. The third-order valence-electron chi connectivity index (χ3n) is 2.76. The molecule has 0 saturated carbocycles. The van der Waals surface area contributed by atoms with Gasteiger partial charge in [-0.05, 0) is 31.5 Å². The standard InChI is InChI=1S/C11H13BrFNO/c12-7-4-5-9(15)11(13)10(7)8-3-1-2-6-14-8/h4-5,8,14-15H,1-3,6H2. The first-order chi connectivity index (χ1) is 7.20. The van der Waals surface area contributed by atoms with Crippen LogP contribution < -0.4 is 5.32 Å². The van der Waals surface area contributed by atoms with Crippen molar-refractivity contribution in [2.75, 3.05) is 6.54 Å². The average molecular weight is 274 g/mol. The van der Waals surface area contributed by atoms with Crippen molar-refractivity contribution in [3.63, 3.8) is 0 Å². The molecule has 4 heteroatoms. The molecule has 1 heterocycles. The second-order valence-electron chi connectivity index (χ2n) is 3.80. The minimum Gasteiger partial charge on any atom is -0.505 e. The number of halogens is 2. The molecule has 0 radical (unpaired) electrons. The summed E-state index contributed by atoms with van der Waals surface area (Å²) >= 11 is 3.33. The van der Waals surface area contributed by atoms with Gasteiger partial charge in [-0.3, -0.25) is 0 Å². The summed E-state index contributed by atoms with van der Waals surface area (Å²) in [5.41, 5.74) is 0.551. The highest BCUT2D eigenvalue weighted by Gasteiger charge is 2.22. The second-order valence-corrected chi connectivity index (χ2v) is 4.65. The SMILES string of the molecule is Oc1ccc(Br)c(C2CCCCN2)c1F. The minimum atomic E-state index is -0.510. The van der Waals surface area contributed by atoms with Gasteiger partial charge in [-0.2, -0.15) is 0 Å². The van der Waals surface area contributed by atoms with E-state index < -0.39 is 5.82 Å². The number of rotatable bonds is 1. The molecule has 1 unspecified atom stereocenters. The van der Waals surface area contributed by atoms with Crippen molar-refractivity contribution in [2.24, 2.45) is 0 Å². The van der Waals surface area contributed by atoms with Crippen molar-refractivity contribution in [1.82, 2.24) is 5.32 Å². The number of hydrogen-bond donors (Lipinski definition) is 2. The molecule has 0 amide bonds. The normalized spacial score (nSPS) is 21.6. The molecule has 2 rings (SSSR count). The second kappa shape index (κ2) is 4.49. The Balaban J connectivity index is 2.36. The first-order valence-corrected chi connectivity index (χ1v) is 5.89. The zero-order valence-corrected chi connectivity index (χ0v) is 9.85. The van der Waals surface area contributed by atoms with Crippen LogP contribution >= 0.6 is 15.9 Å². The third-order valence-corrected chi connectivity index (χ3v) is 3.46. The number of aromatic hydroxyl groups is 1. The van der Waals surface area contributed by atoms with Gasteiger partial charge in [0.15, 0.2) is 11.6 Å². The highest BCUT2D eigenvalue weighted by molar-refractivity contribution is 9.10. The van der Waals surface area contributed by atoms with E-state index in [9.17, 15) is 9.50 Å². The number of phenolic OH excluding ortho intramolecular Hbond substituents is 1. The molecule has 0 aliphatic carbocycles. The Labute approximate surface area is 96.6 Å². The van der Waals surface area contributed by atoms with E-state index in [4.69, 9.17) is 0 Å². The maximum Gasteiger partial charge on any atom is 0.170 e. The molecular formula is C11H13BrFNO. The number of piperidine rings is 1. The van der Waals surface area contributed by atoms with Crippen LogP contribution in [0.25, 0.3) is 0 Å². The fourth-order valence-corrected chi connectivity index (χ4v) is 2.56. The van der Waals surface area contributed by atoms with Crippen LogP contribution in [0.2, 0.25) is 0 Å². The molecule has 2 N–H and O–H groups in total. The smallest absolute Gasteiger partial charge is 0.170 e. The third kappa shape index (κ3) is 2.16. The van der Waals surface area contributed by atoms with Gasteiger partial charge in [-0.25, -0.2) is 4.39 Å². The van der Waals surface area contributed by atoms with Crippen molar-refractivity contribution >= 4 is 15.9 Å². The van der Waals surface area contributed by atoms with Gasteiger partial charge in [0.1, 0.15) is 0 Å². The Bertz CT molecular complexity index is 364. The highest BCUT2D eigenvalue weighted by Crippen LogP contribution is 2.34. The number of benzene rings is 1. The van der Waals surface area contributed by atoms with Crippen LogP contribution in [-0.4, -0.2) is 11.7 Å². The van der Waals surface area contributed by atoms with Crippen LogP contribution in [0.15, 0.2) is 16.6 Å². The Morgan fingerprint density at radius 2 is 2.20 bits per heavy atom. The molecule has 0 aromatic heterocycles. The van der Waals surface area contributed by atoms with E-state index in [-0.39, 0.29) is 11.8 Å². The highest BCUT2D eigenvalue weighted by atomic mass is 79.9. The summed E-state index contributed by atoms with van der Waals surface area (Å²) in [6, 6.07) is 3.07. The van der Waals surface area contributed by atoms with E-state index >= 15 is 0 Å². The summed E-state index contributed by atoms with van der Waals surface area (Å²) in [5, 5.41) is 12.6. The number of nitrogens with one attached hydrogen (secondary N) is 1. The zero-order valence-electron chi connectivity index (χ0n) is 8.26.